The fourth-order valence-electron chi connectivity index (χ4n) is 2.84. The van der Waals surface area contributed by atoms with E-state index < -0.39 is 0 Å². The molecule has 1 saturated heterocycles. The van der Waals surface area contributed by atoms with E-state index in [0.29, 0.717) is 24.8 Å². The van der Waals surface area contributed by atoms with Crippen LogP contribution in [0.1, 0.15) is 25.1 Å². The third kappa shape index (κ3) is 4.45. The molecule has 1 fully saturated rings. The molecule has 0 unspecified atom stereocenters. The van der Waals surface area contributed by atoms with Crippen molar-refractivity contribution in [2.45, 2.75) is 38.3 Å². The average Bonchev–Trinajstić information content (AvgIpc) is 2.92. The number of carbonyl (C=O) groups is 1. The van der Waals surface area contributed by atoms with E-state index in [-0.39, 0.29) is 5.91 Å². The van der Waals surface area contributed by atoms with Gasteiger partial charge < -0.3 is 14.4 Å². The van der Waals surface area contributed by atoms with E-state index >= 15 is 0 Å². The molecule has 1 aliphatic heterocycles. The number of carbonyl (C=O) groups excluding carboxylic acids is 1. The van der Waals surface area contributed by atoms with E-state index in [1.807, 2.05) is 15.7 Å². The summed E-state index contributed by atoms with van der Waals surface area (Å²) in [5, 5.41) is 0. The molecule has 1 amide bonds. The lowest BCUT2D eigenvalue weighted by atomic mass is 10.0. The first-order chi connectivity index (χ1) is 10.1. The van der Waals surface area contributed by atoms with Crippen molar-refractivity contribution in [3.8, 4) is 0 Å². The van der Waals surface area contributed by atoms with Crippen molar-refractivity contribution in [3.63, 3.8) is 0 Å². The molecule has 2 rings (SSSR count). The van der Waals surface area contributed by atoms with Gasteiger partial charge >= 0.3 is 0 Å². The molecule has 1 aromatic rings. The van der Waals surface area contributed by atoms with Crippen molar-refractivity contribution in [2.75, 3.05) is 33.1 Å². The number of aryl methyl sites for hydroxylation is 2. The Kier molecular flexibility index (Phi) is 6.06. The first-order valence-corrected chi connectivity index (χ1v) is 8.15. The first kappa shape index (κ1) is 16.3. The Bertz CT molecular complexity index is 460. The lowest BCUT2D eigenvalue weighted by Gasteiger charge is -2.36. The summed E-state index contributed by atoms with van der Waals surface area (Å²) in [5.41, 5.74) is 0. The number of piperidine rings is 1. The molecule has 0 bridgehead atoms. The van der Waals surface area contributed by atoms with Crippen LogP contribution >= 0.6 is 11.6 Å². The maximum atomic E-state index is 12.4. The van der Waals surface area contributed by atoms with Gasteiger partial charge in [0.05, 0.1) is 0 Å². The van der Waals surface area contributed by atoms with Gasteiger partial charge in [-0.05, 0) is 26.9 Å². The topological polar surface area (TPSA) is 41.4 Å². The fourth-order valence-corrected chi connectivity index (χ4v) is 3.02. The predicted octanol–water partition coefficient (Wildman–Crippen LogP) is 1.61. The van der Waals surface area contributed by atoms with Crippen LogP contribution < -0.4 is 0 Å². The molecule has 1 aromatic heterocycles. The standard InChI is InChI=1S/C15H25ClN4O/c1-18(2)13-4-3-9-20(12-13)15(21)6-5-14-17-8-11-19(14)10-7-16/h8,11,13H,3-7,9-10,12H2,1-2H3/t13-/m1/s1. The molecule has 118 valence electrons. The SMILES string of the molecule is CN(C)[C@@H]1CCCN(C(=O)CCc2nccn2CCCl)C1. The molecule has 0 saturated carbocycles. The number of rotatable bonds is 6. The molecule has 0 aromatic carbocycles. The maximum Gasteiger partial charge on any atom is 0.223 e. The average molecular weight is 313 g/mol. The van der Waals surface area contributed by atoms with Gasteiger partial charge in [0, 0.05) is 56.8 Å². The van der Waals surface area contributed by atoms with Crippen LogP contribution in [0.25, 0.3) is 0 Å². The molecule has 1 aliphatic rings. The van der Waals surface area contributed by atoms with Gasteiger partial charge in [0.25, 0.3) is 0 Å². The van der Waals surface area contributed by atoms with Crippen molar-refractivity contribution in [1.82, 2.24) is 19.4 Å². The highest BCUT2D eigenvalue weighted by Crippen LogP contribution is 2.15. The van der Waals surface area contributed by atoms with Crippen LogP contribution in [0.15, 0.2) is 12.4 Å². The number of hydrogen-bond donors (Lipinski definition) is 0. The van der Waals surface area contributed by atoms with Crippen molar-refractivity contribution < 1.29 is 4.79 Å². The summed E-state index contributed by atoms with van der Waals surface area (Å²) in [7, 11) is 4.17. The number of aromatic nitrogens is 2. The normalized spacial score (nSPS) is 19.2. The highest BCUT2D eigenvalue weighted by molar-refractivity contribution is 6.17. The molecular weight excluding hydrogens is 288 g/mol. The van der Waals surface area contributed by atoms with Crippen LogP contribution in [-0.4, -0.2) is 64.4 Å². The summed E-state index contributed by atoms with van der Waals surface area (Å²) in [6.07, 6.45) is 7.18. The van der Waals surface area contributed by atoms with Gasteiger partial charge in [0.15, 0.2) is 0 Å². The Hall–Kier alpha value is -1.07. The number of alkyl halides is 1. The van der Waals surface area contributed by atoms with Crippen molar-refractivity contribution >= 4 is 17.5 Å². The van der Waals surface area contributed by atoms with Crippen LogP contribution in [0.4, 0.5) is 0 Å². The molecule has 0 spiro atoms. The van der Waals surface area contributed by atoms with E-state index in [2.05, 4.69) is 24.0 Å². The zero-order valence-electron chi connectivity index (χ0n) is 13.0. The summed E-state index contributed by atoms with van der Waals surface area (Å²) in [5.74, 6) is 1.75. The zero-order valence-corrected chi connectivity index (χ0v) is 13.7. The minimum Gasteiger partial charge on any atom is -0.341 e. The second-order valence-electron chi connectivity index (χ2n) is 5.83. The van der Waals surface area contributed by atoms with E-state index in [0.717, 1.165) is 31.9 Å². The van der Waals surface area contributed by atoms with E-state index in [4.69, 9.17) is 11.6 Å². The summed E-state index contributed by atoms with van der Waals surface area (Å²) in [4.78, 5) is 20.9. The number of imidazole rings is 1. The molecule has 1 atom stereocenters. The molecule has 0 N–H and O–H groups in total. The van der Waals surface area contributed by atoms with Gasteiger partial charge in [-0.25, -0.2) is 4.98 Å². The Morgan fingerprint density at radius 1 is 1.52 bits per heavy atom. The summed E-state index contributed by atoms with van der Waals surface area (Å²) < 4.78 is 2.03. The smallest absolute Gasteiger partial charge is 0.223 e. The second kappa shape index (κ2) is 7.80. The van der Waals surface area contributed by atoms with Gasteiger partial charge in [-0.1, -0.05) is 0 Å². The highest BCUT2D eigenvalue weighted by atomic mass is 35.5. The molecule has 5 nitrogen and oxygen atoms in total. The van der Waals surface area contributed by atoms with Crippen molar-refractivity contribution in [3.05, 3.63) is 18.2 Å². The second-order valence-corrected chi connectivity index (χ2v) is 6.20. The zero-order chi connectivity index (χ0) is 15.2. The molecule has 0 radical (unpaired) electrons. The third-order valence-corrected chi connectivity index (χ3v) is 4.34. The maximum absolute atomic E-state index is 12.4. The monoisotopic (exact) mass is 312 g/mol. The fraction of sp³-hybridized carbons (Fsp3) is 0.733. The van der Waals surface area contributed by atoms with Crippen LogP contribution in [0.5, 0.6) is 0 Å². The Balaban J connectivity index is 1.85. The van der Waals surface area contributed by atoms with Gasteiger partial charge in [0.2, 0.25) is 5.91 Å². The summed E-state index contributed by atoms with van der Waals surface area (Å²) in [6, 6.07) is 0.487. The van der Waals surface area contributed by atoms with E-state index in [9.17, 15) is 4.79 Å². The van der Waals surface area contributed by atoms with Gasteiger partial charge in [-0.2, -0.15) is 0 Å². The lowest BCUT2D eigenvalue weighted by Crippen LogP contribution is -2.47. The molecule has 0 aliphatic carbocycles. The Labute approximate surface area is 131 Å². The Morgan fingerprint density at radius 3 is 3.05 bits per heavy atom. The Morgan fingerprint density at radius 2 is 2.33 bits per heavy atom. The van der Waals surface area contributed by atoms with Crippen molar-refractivity contribution in [1.29, 1.82) is 0 Å². The van der Waals surface area contributed by atoms with Crippen molar-refractivity contribution in [2.24, 2.45) is 0 Å². The minimum atomic E-state index is 0.238. The molecule has 2 heterocycles. The number of likely N-dealkylation sites (tertiary alicyclic amines) is 1. The number of halogens is 1. The predicted molar refractivity (Wildman–Crippen MR) is 84.6 cm³/mol. The number of likely N-dealkylation sites (N-methyl/N-ethyl adjacent to an activating group) is 1. The molecular formula is C15H25ClN4O. The third-order valence-electron chi connectivity index (χ3n) is 4.17. The number of nitrogens with zero attached hydrogens (tertiary/aromatic N) is 4. The minimum absolute atomic E-state index is 0.238. The number of hydrogen-bond acceptors (Lipinski definition) is 3. The van der Waals surface area contributed by atoms with Gasteiger partial charge in [0.1, 0.15) is 5.82 Å². The highest BCUT2D eigenvalue weighted by Gasteiger charge is 2.24. The van der Waals surface area contributed by atoms with E-state index in [1.54, 1.807) is 6.20 Å². The quantitative estimate of drug-likeness (QED) is 0.749. The summed E-state index contributed by atoms with van der Waals surface area (Å²) >= 11 is 5.77. The van der Waals surface area contributed by atoms with E-state index in [1.165, 1.54) is 6.42 Å². The van der Waals surface area contributed by atoms with Gasteiger partial charge in [-0.3, -0.25) is 4.79 Å². The number of amides is 1. The van der Waals surface area contributed by atoms with Gasteiger partial charge in [-0.15, -0.1) is 11.6 Å². The van der Waals surface area contributed by atoms with Crippen LogP contribution in [0.3, 0.4) is 0 Å². The molecule has 21 heavy (non-hydrogen) atoms. The van der Waals surface area contributed by atoms with Crippen LogP contribution in [-0.2, 0) is 17.8 Å². The summed E-state index contributed by atoms with van der Waals surface area (Å²) in [6.45, 7) is 2.48. The van der Waals surface area contributed by atoms with Crippen LogP contribution in [0, 0.1) is 0 Å². The first-order valence-electron chi connectivity index (χ1n) is 7.62. The molecule has 6 heteroatoms. The largest absolute Gasteiger partial charge is 0.341 e. The van der Waals surface area contributed by atoms with Crippen LogP contribution in [0.2, 0.25) is 0 Å². The lowest BCUT2D eigenvalue weighted by molar-refractivity contribution is -0.133.